The molecular formula is C11H13F3N2. The van der Waals surface area contributed by atoms with E-state index in [4.69, 9.17) is 5.73 Å². The highest BCUT2D eigenvalue weighted by Crippen LogP contribution is 2.18. The lowest BCUT2D eigenvalue weighted by Gasteiger charge is -2.15. The van der Waals surface area contributed by atoms with E-state index in [0.717, 1.165) is 19.0 Å². The molecule has 2 nitrogen and oxygen atoms in total. The van der Waals surface area contributed by atoms with Crippen LogP contribution in [-0.2, 0) is 6.54 Å². The first kappa shape index (κ1) is 11.4. The van der Waals surface area contributed by atoms with Crippen LogP contribution in [0.25, 0.3) is 0 Å². The summed E-state index contributed by atoms with van der Waals surface area (Å²) in [6, 6.07) is 1.59. The van der Waals surface area contributed by atoms with E-state index >= 15 is 0 Å². The van der Waals surface area contributed by atoms with Crippen LogP contribution in [0, 0.1) is 17.5 Å². The summed E-state index contributed by atoms with van der Waals surface area (Å²) < 4.78 is 38.9. The second kappa shape index (κ2) is 4.43. The van der Waals surface area contributed by atoms with Gasteiger partial charge in [0.25, 0.3) is 0 Å². The Kier molecular flexibility index (Phi) is 3.16. The summed E-state index contributed by atoms with van der Waals surface area (Å²) in [4.78, 5) is 1.93. The van der Waals surface area contributed by atoms with Crippen molar-refractivity contribution in [2.75, 3.05) is 13.1 Å². The zero-order chi connectivity index (χ0) is 11.7. The molecular weight excluding hydrogens is 217 g/mol. The fraction of sp³-hybridized carbons (Fsp3) is 0.455. The molecule has 1 aromatic carbocycles. The summed E-state index contributed by atoms with van der Waals surface area (Å²) >= 11 is 0. The lowest BCUT2D eigenvalue weighted by molar-refractivity contribution is 0.319. The molecule has 1 aromatic rings. The summed E-state index contributed by atoms with van der Waals surface area (Å²) in [5, 5.41) is 0. The lowest BCUT2D eigenvalue weighted by atomic mass is 10.2. The minimum Gasteiger partial charge on any atom is -0.326 e. The molecule has 1 heterocycles. The Bertz CT molecular complexity index is 395. The first-order valence-corrected chi connectivity index (χ1v) is 5.17. The van der Waals surface area contributed by atoms with Gasteiger partial charge in [-0.3, -0.25) is 4.90 Å². The van der Waals surface area contributed by atoms with Crippen LogP contribution in [0.2, 0.25) is 0 Å². The normalized spacial score (nSPS) is 21.6. The molecule has 0 aliphatic carbocycles. The molecule has 16 heavy (non-hydrogen) atoms. The molecule has 0 bridgehead atoms. The maximum absolute atomic E-state index is 13.3. The molecule has 1 aliphatic heterocycles. The van der Waals surface area contributed by atoms with Gasteiger partial charge in [-0.2, -0.15) is 0 Å². The van der Waals surface area contributed by atoms with Crippen LogP contribution in [0.5, 0.6) is 0 Å². The van der Waals surface area contributed by atoms with Gasteiger partial charge >= 0.3 is 0 Å². The molecule has 0 spiro atoms. The molecule has 1 fully saturated rings. The van der Waals surface area contributed by atoms with Gasteiger partial charge in [0.05, 0.1) is 0 Å². The summed E-state index contributed by atoms with van der Waals surface area (Å²) in [7, 11) is 0. The van der Waals surface area contributed by atoms with Crippen molar-refractivity contribution in [3.63, 3.8) is 0 Å². The summed E-state index contributed by atoms with van der Waals surface area (Å²) in [6.45, 7) is 1.70. The molecule has 2 rings (SSSR count). The monoisotopic (exact) mass is 230 g/mol. The fourth-order valence-electron chi connectivity index (χ4n) is 1.93. The van der Waals surface area contributed by atoms with E-state index in [1.165, 1.54) is 0 Å². The number of nitrogens with zero attached hydrogens (tertiary/aromatic N) is 1. The van der Waals surface area contributed by atoms with E-state index in [9.17, 15) is 13.2 Å². The van der Waals surface area contributed by atoms with Gasteiger partial charge in [-0.25, -0.2) is 13.2 Å². The van der Waals surface area contributed by atoms with E-state index in [1.54, 1.807) is 0 Å². The molecule has 5 heteroatoms. The number of hydrogen-bond acceptors (Lipinski definition) is 2. The molecule has 88 valence electrons. The molecule has 0 saturated carbocycles. The van der Waals surface area contributed by atoms with Crippen LogP contribution in [0.4, 0.5) is 13.2 Å². The number of hydrogen-bond donors (Lipinski definition) is 1. The SMILES string of the molecule is NC1CCN(Cc2cc(F)c(F)cc2F)C1. The average molecular weight is 230 g/mol. The standard InChI is InChI=1S/C11H13F3N2/c12-9-4-11(14)10(13)3-7(9)5-16-2-1-8(15)6-16/h3-4,8H,1-2,5-6,15H2. The van der Waals surface area contributed by atoms with E-state index < -0.39 is 17.5 Å². The average Bonchev–Trinajstić information content (AvgIpc) is 2.60. The third-order valence-corrected chi connectivity index (χ3v) is 2.79. The summed E-state index contributed by atoms with van der Waals surface area (Å²) in [5.41, 5.74) is 5.88. The van der Waals surface area contributed by atoms with E-state index in [-0.39, 0.29) is 18.2 Å². The Morgan fingerprint density at radius 2 is 1.88 bits per heavy atom. The van der Waals surface area contributed by atoms with Crippen LogP contribution in [-0.4, -0.2) is 24.0 Å². The van der Waals surface area contributed by atoms with Crippen LogP contribution >= 0.6 is 0 Å². The minimum atomic E-state index is -1.15. The predicted octanol–water partition coefficient (Wildman–Crippen LogP) is 1.64. The van der Waals surface area contributed by atoms with Gasteiger partial charge in [0, 0.05) is 37.3 Å². The highest BCUT2D eigenvalue weighted by molar-refractivity contribution is 5.20. The van der Waals surface area contributed by atoms with E-state index in [2.05, 4.69) is 0 Å². The number of likely N-dealkylation sites (tertiary alicyclic amines) is 1. The Balaban J connectivity index is 2.12. The molecule has 0 aromatic heterocycles. The number of rotatable bonds is 2. The molecule has 1 saturated heterocycles. The number of halogens is 3. The third-order valence-electron chi connectivity index (χ3n) is 2.79. The van der Waals surface area contributed by atoms with Gasteiger partial charge in [0.15, 0.2) is 11.6 Å². The van der Waals surface area contributed by atoms with Crippen molar-refractivity contribution in [2.24, 2.45) is 5.73 Å². The van der Waals surface area contributed by atoms with Crippen LogP contribution in [0.15, 0.2) is 12.1 Å². The van der Waals surface area contributed by atoms with Gasteiger partial charge < -0.3 is 5.73 Å². The van der Waals surface area contributed by atoms with Gasteiger partial charge in [-0.1, -0.05) is 0 Å². The second-order valence-corrected chi connectivity index (χ2v) is 4.14. The van der Waals surface area contributed by atoms with Crippen molar-refractivity contribution in [3.8, 4) is 0 Å². The fourth-order valence-corrected chi connectivity index (χ4v) is 1.93. The predicted molar refractivity (Wildman–Crippen MR) is 54.2 cm³/mol. The van der Waals surface area contributed by atoms with Gasteiger partial charge in [0.1, 0.15) is 5.82 Å². The lowest BCUT2D eigenvalue weighted by Crippen LogP contribution is -2.26. The number of nitrogens with two attached hydrogens (primary N) is 1. The highest BCUT2D eigenvalue weighted by Gasteiger charge is 2.20. The molecule has 0 radical (unpaired) electrons. The van der Waals surface area contributed by atoms with Gasteiger partial charge in [-0.05, 0) is 12.5 Å². The molecule has 0 amide bonds. The highest BCUT2D eigenvalue weighted by atomic mass is 19.2. The Hall–Kier alpha value is -1.07. The largest absolute Gasteiger partial charge is 0.326 e. The first-order chi connectivity index (χ1) is 7.56. The minimum absolute atomic E-state index is 0.0911. The van der Waals surface area contributed by atoms with Crippen LogP contribution < -0.4 is 5.73 Å². The number of benzene rings is 1. The van der Waals surface area contributed by atoms with Crippen molar-refractivity contribution in [1.29, 1.82) is 0 Å². The molecule has 2 N–H and O–H groups in total. The van der Waals surface area contributed by atoms with Crippen molar-refractivity contribution in [1.82, 2.24) is 4.90 Å². The third kappa shape index (κ3) is 2.36. The zero-order valence-corrected chi connectivity index (χ0v) is 8.72. The zero-order valence-electron chi connectivity index (χ0n) is 8.72. The van der Waals surface area contributed by atoms with Crippen LogP contribution in [0.3, 0.4) is 0 Å². The Labute approximate surface area is 91.8 Å². The second-order valence-electron chi connectivity index (χ2n) is 4.14. The van der Waals surface area contributed by atoms with Gasteiger partial charge in [-0.15, -0.1) is 0 Å². The summed E-state index contributed by atoms with van der Waals surface area (Å²) in [6.07, 6.45) is 0.852. The van der Waals surface area contributed by atoms with E-state index in [1.807, 2.05) is 4.90 Å². The molecule has 1 aliphatic rings. The van der Waals surface area contributed by atoms with Crippen molar-refractivity contribution >= 4 is 0 Å². The Morgan fingerprint density at radius 1 is 1.19 bits per heavy atom. The van der Waals surface area contributed by atoms with Crippen molar-refractivity contribution in [3.05, 3.63) is 35.1 Å². The maximum atomic E-state index is 13.3. The maximum Gasteiger partial charge on any atom is 0.161 e. The van der Waals surface area contributed by atoms with Crippen molar-refractivity contribution < 1.29 is 13.2 Å². The van der Waals surface area contributed by atoms with Crippen molar-refractivity contribution in [2.45, 2.75) is 19.0 Å². The smallest absolute Gasteiger partial charge is 0.161 e. The quantitative estimate of drug-likeness (QED) is 0.782. The summed E-state index contributed by atoms with van der Waals surface area (Å²) in [5.74, 6) is -2.88. The topological polar surface area (TPSA) is 29.3 Å². The molecule has 1 unspecified atom stereocenters. The van der Waals surface area contributed by atoms with Crippen LogP contribution in [0.1, 0.15) is 12.0 Å². The first-order valence-electron chi connectivity index (χ1n) is 5.17. The Morgan fingerprint density at radius 3 is 2.50 bits per heavy atom. The molecule has 1 atom stereocenters. The van der Waals surface area contributed by atoms with E-state index in [0.29, 0.717) is 12.6 Å². The van der Waals surface area contributed by atoms with Gasteiger partial charge in [0.2, 0.25) is 0 Å².